The van der Waals surface area contributed by atoms with E-state index in [9.17, 15) is 0 Å². The summed E-state index contributed by atoms with van der Waals surface area (Å²) in [5.41, 5.74) is 6.69. The number of nitrogens with two attached hydrogens (primary N) is 1. The zero-order valence-corrected chi connectivity index (χ0v) is 10.8. The molecule has 5 nitrogen and oxygen atoms in total. The van der Waals surface area contributed by atoms with Crippen LogP contribution in [-0.2, 0) is 16.5 Å². The number of aromatic nitrogens is 2. The number of ether oxygens (including phenoxy) is 2. The van der Waals surface area contributed by atoms with Crippen LogP contribution in [0, 0.1) is 0 Å². The van der Waals surface area contributed by atoms with Crippen molar-refractivity contribution in [2.75, 3.05) is 26.4 Å². The van der Waals surface area contributed by atoms with Crippen LogP contribution in [-0.4, -0.2) is 36.1 Å². The van der Waals surface area contributed by atoms with E-state index in [0.717, 1.165) is 25.0 Å². The van der Waals surface area contributed by atoms with Crippen LogP contribution in [0.3, 0.4) is 0 Å². The third kappa shape index (κ3) is 5.30. The number of aryl methyl sites for hydroxylation is 1. The van der Waals surface area contributed by atoms with Gasteiger partial charge in [-0.3, -0.25) is 4.68 Å². The lowest BCUT2D eigenvalue weighted by Crippen LogP contribution is -2.18. The van der Waals surface area contributed by atoms with E-state index in [-0.39, 0.29) is 6.10 Å². The van der Waals surface area contributed by atoms with Gasteiger partial charge >= 0.3 is 0 Å². The van der Waals surface area contributed by atoms with Crippen molar-refractivity contribution in [3.63, 3.8) is 0 Å². The molecule has 2 N–H and O–H groups in total. The first kappa shape index (κ1) is 14.2. The Labute approximate surface area is 103 Å². The molecule has 0 spiro atoms. The Hall–Kier alpha value is -0.910. The number of nitrogens with zero attached hydrogens (tertiary/aromatic N) is 2. The molecule has 0 radical (unpaired) electrons. The summed E-state index contributed by atoms with van der Waals surface area (Å²) in [4.78, 5) is 0. The van der Waals surface area contributed by atoms with Gasteiger partial charge in [0, 0.05) is 32.0 Å². The van der Waals surface area contributed by atoms with Gasteiger partial charge in [0.1, 0.15) is 0 Å². The van der Waals surface area contributed by atoms with Crippen LogP contribution in [0.25, 0.3) is 0 Å². The highest BCUT2D eigenvalue weighted by molar-refractivity contribution is 5.08. The van der Waals surface area contributed by atoms with Crippen molar-refractivity contribution < 1.29 is 9.47 Å². The third-order valence-electron chi connectivity index (χ3n) is 2.50. The first-order valence-corrected chi connectivity index (χ1v) is 6.15. The van der Waals surface area contributed by atoms with Gasteiger partial charge in [0.15, 0.2) is 0 Å². The molecule has 1 aromatic rings. The Morgan fingerprint density at radius 3 is 2.82 bits per heavy atom. The highest BCUT2D eigenvalue weighted by Gasteiger charge is 2.11. The number of unbranched alkanes of at least 4 members (excludes halogenated alkanes) is 1. The van der Waals surface area contributed by atoms with Gasteiger partial charge in [0.05, 0.1) is 25.5 Å². The molecule has 1 aromatic heterocycles. The normalized spacial score (nSPS) is 12.9. The van der Waals surface area contributed by atoms with Crippen molar-refractivity contribution in [1.82, 2.24) is 9.78 Å². The molecule has 1 rings (SSSR count). The summed E-state index contributed by atoms with van der Waals surface area (Å²) < 4.78 is 12.8. The van der Waals surface area contributed by atoms with E-state index in [0.29, 0.717) is 19.8 Å². The van der Waals surface area contributed by atoms with Gasteiger partial charge in [-0.15, -0.1) is 0 Å². The first-order valence-electron chi connectivity index (χ1n) is 6.15. The van der Waals surface area contributed by atoms with E-state index >= 15 is 0 Å². The monoisotopic (exact) mass is 241 g/mol. The molecule has 1 atom stereocenters. The lowest BCUT2D eigenvalue weighted by Gasteiger charge is -2.14. The molecule has 0 saturated carbocycles. The maximum absolute atomic E-state index is 5.67. The summed E-state index contributed by atoms with van der Waals surface area (Å²) in [6.07, 6.45) is 5.88. The Morgan fingerprint density at radius 1 is 1.41 bits per heavy atom. The average molecular weight is 241 g/mol. The van der Waals surface area contributed by atoms with E-state index in [1.165, 1.54) is 0 Å². The van der Waals surface area contributed by atoms with Crippen LogP contribution >= 0.6 is 0 Å². The quantitative estimate of drug-likeness (QED) is 0.661. The molecule has 0 bridgehead atoms. The fourth-order valence-corrected chi connectivity index (χ4v) is 1.50. The van der Waals surface area contributed by atoms with Crippen molar-refractivity contribution in [1.29, 1.82) is 0 Å². The zero-order chi connectivity index (χ0) is 12.5. The molecule has 0 aromatic carbocycles. The van der Waals surface area contributed by atoms with Crippen molar-refractivity contribution in [2.45, 2.75) is 25.9 Å². The van der Waals surface area contributed by atoms with Gasteiger partial charge in [-0.2, -0.15) is 5.10 Å². The van der Waals surface area contributed by atoms with E-state index in [1.54, 1.807) is 10.9 Å². The van der Waals surface area contributed by atoms with Crippen LogP contribution in [0.2, 0.25) is 0 Å². The summed E-state index contributed by atoms with van der Waals surface area (Å²) >= 11 is 0. The summed E-state index contributed by atoms with van der Waals surface area (Å²) in [5.74, 6) is 0. The number of rotatable bonds is 9. The Morgan fingerprint density at radius 2 is 2.24 bits per heavy atom. The van der Waals surface area contributed by atoms with Gasteiger partial charge in [-0.25, -0.2) is 0 Å². The van der Waals surface area contributed by atoms with Crippen LogP contribution in [0.5, 0.6) is 0 Å². The maximum Gasteiger partial charge on any atom is 0.0978 e. The number of hydrogen-bond acceptors (Lipinski definition) is 4. The zero-order valence-electron chi connectivity index (χ0n) is 10.8. The molecule has 1 unspecified atom stereocenters. The molecule has 1 heterocycles. The third-order valence-corrected chi connectivity index (χ3v) is 2.50. The average Bonchev–Trinajstić information content (AvgIpc) is 2.75. The maximum atomic E-state index is 5.67. The number of hydrogen-bond donors (Lipinski definition) is 1. The second-order valence-corrected chi connectivity index (χ2v) is 4.01. The lowest BCUT2D eigenvalue weighted by molar-refractivity contribution is 0.00693. The lowest BCUT2D eigenvalue weighted by atomic mass is 10.2. The fourth-order valence-electron chi connectivity index (χ4n) is 1.50. The van der Waals surface area contributed by atoms with E-state index in [4.69, 9.17) is 15.2 Å². The molecule has 0 amide bonds. The standard InChI is InChI=1S/C12H23N3O2/c1-3-4-5-16-6-7-17-12(8-13)11-9-14-15(2)10-11/h9-10,12H,3-8,13H2,1-2H3. The molecule has 5 heteroatoms. The van der Waals surface area contributed by atoms with Crippen molar-refractivity contribution in [2.24, 2.45) is 12.8 Å². The molecular formula is C12H23N3O2. The van der Waals surface area contributed by atoms with E-state index < -0.39 is 0 Å². The largest absolute Gasteiger partial charge is 0.379 e. The van der Waals surface area contributed by atoms with Crippen LogP contribution in [0.1, 0.15) is 31.4 Å². The molecule has 0 aliphatic rings. The first-order chi connectivity index (χ1) is 8.27. The molecule has 98 valence electrons. The molecule has 17 heavy (non-hydrogen) atoms. The molecule has 0 aliphatic carbocycles. The topological polar surface area (TPSA) is 62.3 Å². The van der Waals surface area contributed by atoms with Gasteiger partial charge in [-0.1, -0.05) is 13.3 Å². The van der Waals surface area contributed by atoms with Crippen molar-refractivity contribution in [3.8, 4) is 0 Å². The minimum absolute atomic E-state index is 0.0847. The van der Waals surface area contributed by atoms with Crippen LogP contribution in [0.15, 0.2) is 12.4 Å². The Bertz CT molecular complexity index is 302. The highest BCUT2D eigenvalue weighted by Crippen LogP contribution is 2.14. The predicted molar refractivity (Wildman–Crippen MR) is 66.7 cm³/mol. The minimum atomic E-state index is -0.0847. The van der Waals surface area contributed by atoms with Crippen molar-refractivity contribution in [3.05, 3.63) is 18.0 Å². The highest BCUT2D eigenvalue weighted by atomic mass is 16.5. The SMILES string of the molecule is CCCCOCCOC(CN)c1cnn(C)c1. The molecule has 0 aliphatic heterocycles. The minimum Gasteiger partial charge on any atom is -0.379 e. The molecule has 0 fully saturated rings. The Balaban J connectivity index is 2.19. The van der Waals surface area contributed by atoms with E-state index in [1.807, 2.05) is 13.2 Å². The second-order valence-electron chi connectivity index (χ2n) is 4.01. The second kappa shape index (κ2) is 8.22. The summed E-state index contributed by atoms with van der Waals surface area (Å²) in [5, 5.41) is 4.10. The van der Waals surface area contributed by atoms with Crippen LogP contribution < -0.4 is 5.73 Å². The van der Waals surface area contributed by atoms with E-state index in [2.05, 4.69) is 12.0 Å². The summed E-state index contributed by atoms with van der Waals surface area (Å²) in [6.45, 7) is 4.60. The van der Waals surface area contributed by atoms with Gasteiger partial charge in [0.2, 0.25) is 0 Å². The fraction of sp³-hybridized carbons (Fsp3) is 0.750. The molecule has 0 saturated heterocycles. The smallest absolute Gasteiger partial charge is 0.0978 e. The molecular weight excluding hydrogens is 218 g/mol. The van der Waals surface area contributed by atoms with Crippen LogP contribution in [0.4, 0.5) is 0 Å². The Kier molecular flexibility index (Phi) is 6.84. The van der Waals surface area contributed by atoms with Gasteiger partial charge < -0.3 is 15.2 Å². The van der Waals surface area contributed by atoms with Gasteiger partial charge in [-0.05, 0) is 6.42 Å². The summed E-state index contributed by atoms with van der Waals surface area (Å²) in [7, 11) is 1.88. The van der Waals surface area contributed by atoms with Crippen molar-refractivity contribution >= 4 is 0 Å². The predicted octanol–water partition coefficient (Wildman–Crippen LogP) is 1.25. The summed E-state index contributed by atoms with van der Waals surface area (Å²) in [6, 6.07) is 0. The van der Waals surface area contributed by atoms with Gasteiger partial charge in [0.25, 0.3) is 0 Å².